The van der Waals surface area contributed by atoms with E-state index >= 15 is 0 Å². The lowest BCUT2D eigenvalue weighted by molar-refractivity contribution is -2.00. The third-order valence-corrected chi connectivity index (χ3v) is 4.63. The standard InChI is InChI=1S/C20H19ClNO2.ClHO4/c1-14-2-7-19-17(12-14)18(22-8-10-23-11-9-22)13-20(24-19)15-3-5-16(21)6-4-15;2-1(3,4)5/h2-7,12-13H,8-11H2,1H3;(H,2,3,4,5)/q+1;/p-1. The molecular weight excluding hydrogens is 421 g/mol. The number of fused-ring (bicyclic) bond motifs is 1. The molecule has 0 radical (unpaired) electrons. The fraction of sp³-hybridized carbons (Fsp3) is 0.250. The third-order valence-electron chi connectivity index (χ3n) is 4.38. The average Bonchev–Trinajstić information content (AvgIpc) is 2.67. The highest BCUT2D eigenvalue weighted by molar-refractivity contribution is 6.30. The molecule has 0 amide bonds. The second-order valence-corrected chi connectivity index (χ2v) is 7.67. The molecule has 29 heavy (non-hydrogen) atoms. The number of benzene rings is 2. The second-order valence-electron chi connectivity index (χ2n) is 6.48. The maximum absolute atomic E-state index is 8.49. The van der Waals surface area contributed by atoms with Crippen LogP contribution in [0.5, 0.6) is 0 Å². The Hall–Kier alpha value is -1.97. The van der Waals surface area contributed by atoms with E-state index < -0.39 is 10.2 Å². The predicted octanol–water partition coefficient (Wildman–Crippen LogP) is -0.892. The summed E-state index contributed by atoms with van der Waals surface area (Å²) in [7, 11) is -4.94. The zero-order valence-electron chi connectivity index (χ0n) is 15.6. The molecule has 3 aromatic rings. The number of hydrogen-bond acceptors (Lipinski definition) is 6. The van der Waals surface area contributed by atoms with Crippen molar-refractivity contribution in [1.29, 1.82) is 0 Å². The fourth-order valence-corrected chi connectivity index (χ4v) is 3.23. The van der Waals surface area contributed by atoms with Gasteiger partial charge < -0.3 is 9.15 Å². The van der Waals surface area contributed by atoms with Crippen molar-refractivity contribution in [2.75, 3.05) is 26.3 Å². The van der Waals surface area contributed by atoms with Gasteiger partial charge in [0.1, 0.15) is 24.6 Å². The van der Waals surface area contributed by atoms with Crippen molar-refractivity contribution in [3.05, 3.63) is 64.5 Å². The molecule has 2 heterocycles. The number of hydrogen-bond donors (Lipinski definition) is 0. The Morgan fingerprint density at radius 2 is 1.55 bits per heavy atom. The predicted molar refractivity (Wildman–Crippen MR) is 97.2 cm³/mol. The lowest BCUT2D eigenvalue weighted by atomic mass is 10.1. The van der Waals surface area contributed by atoms with Crippen LogP contribution in [0, 0.1) is 17.2 Å². The molecule has 0 spiro atoms. The monoisotopic (exact) mass is 439 g/mol. The Labute approximate surface area is 174 Å². The van der Waals surface area contributed by atoms with Crippen molar-refractivity contribution in [1.82, 2.24) is 4.58 Å². The smallest absolute Gasteiger partial charge is 0.214 e. The highest BCUT2D eigenvalue weighted by atomic mass is 35.7. The van der Waals surface area contributed by atoms with Gasteiger partial charge in [0.25, 0.3) is 0 Å². The molecule has 0 saturated carbocycles. The van der Waals surface area contributed by atoms with E-state index in [-0.39, 0.29) is 0 Å². The molecule has 9 heteroatoms. The molecule has 2 aromatic carbocycles. The van der Waals surface area contributed by atoms with Crippen LogP contribution in [0.3, 0.4) is 0 Å². The number of aryl methyl sites for hydroxylation is 1. The fourth-order valence-electron chi connectivity index (χ4n) is 3.11. The summed E-state index contributed by atoms with van der Waals surface area (Å²) in [6.07, 6.45) is 0. The van der Waals surface area contributed by atoms with Gasteiger partial charge in [-0.15, -0.1) is 10.2 Å². The Morgan fingerprint density at radius 3 is 2.17 bits per heavy atom. The van der Waals surface area contributed by atoms with E-state index in [1.165, 1.54) is 10.9 Å². The molecule has 1 aliphatic rings. The van der Waals surface area contributed by atoms with Gasteiger partial charge in [-0.3, -0.25) is 0 Å². The van der Waals surface area contributed by atoms with Crippen molar-refractivity contribution >= 4 is 22.6 Å². The van der Waals surface area contributed by atoms with Crippen molar-refractivity contribution in [2.45, 2.75) is 6.92 Å². The van der Waals surface area contributed by atoms with E-state index in [1.807, 2.05) is 30.3 Å². The first-order valence-corrected chi connectivity index (χ1v) is 10.4. The second kappa shape index (κ2) is 9.23. The number of ether oxygens (including phenoxy) is 1. The Balaban J connectivity index is 0.000000431. The normalized spacial score (nSPS) is 14.5. The molecule has 0 N–H and O–H groups in total. The van der Waals surface area contributed by atoms with Crippen LogP contribution in [0.25, 0.3) is 22.3 Å². The van der Waals surface area contributed by atoms with E-state index in [4.69, 9.17) is 39.4 Å². The maximum Gasteiger partial charge on any atom is 0.214 e. The van der Waals surface area contributed by atoms with Crippen LogP contribution in [-0.2, 0) is 4.74 Å². The highest BCUT2D eigenvalue weighted by Crippen LogP contribution is 2.24. The quantitative estimate of drug-likeness (QED) is 0.453. The molecule has 0 aliphatic carbocycles. The molecule has 0 bridgehead atoms. The van der Waals surface area contributed by atoms with E-state index in [0.717, 1.165) is 53.6 Å². The summed E-state index contributed by atoms with van der Waals surface area (Å²) in [4.78, 5) is 0. The topological polar surface area (TPSA) is 118 Å². The van der Waals surface area contributed by atoms with Crippen molar-refractivity contribution in [3.63, 3.8) is 0 Å². The number of morpholine rings is 1. The van der Waals surface area contributed by atoms with Gasteiger partial charge in [0.2, 0.25) is 5.36 Å². The van der Waals surface area contributed by atoms with Crippen LogP contribution < -0.4 is 28.6 Å². The summed E-state index contributed by atoms with van der Waals surface area (Å²) < 4.78 is 48.0. The van der Waals surface area contributed by atoms with Crippen LogP contribution >= 0.6 is 11.6 Å². The summed E-state index contributed by atoms with van der Waals surface area (Å²) in [5, 5.41) is 3.08. The zero-order chi connectivity index (χ0) is 21.0. The van der Waals surface area contributed by atoms with E-state index in [0.29, 0.717) is 0 Å². The lowest BCUT2D eigenvalue weighted by Gasteiger charge is -2.17. The molecule has 1 aliphatic heterocycles. The minimum Gasteiger partial charge on any atom is -0.456 e. The average molecular weight is 440 g/mol. The van der Waals surface area contributed by atoms with Crippen LogP contribution in [0.2, 0.25) is 5.02 Å². The summed E-state index contributed by atoms with van der Waals surface area (Å²) in [6, 6.07) is 16.2. The summed E-state index contributed by atoms with van der Waals surface area (Å²) in [5.41, 5.74) is 3.15. The Bertz CT molecular complexity index is 1040. The van der Waals surface area contributed by atoms with Crippen LogP contribution in [0.1, 0.15) is 5.56 Å². The summed E-state index contributed by atoms with van der Waals surface area (Å²) in [5.74, 6) is 0.851. The molecule has 1 fully saturated rings. The van der Waals surface area contributed by atoms with Gasteiger partial charge in [-0.1, -0.05) is 23.2 Å². The summed E-state index contributed by atoms with van der Waals surface area (Å²) in [6.45, 7) is 5.42. The van der Waals surface area contributed by atoms with Gasteiger partial charge in [0.05, 0.1) is 11.5 Å². The molecule has 154 valence electrons. The minimum absolute atomic E-state index is 0.726. The molecular formula is C20H19Cl2NO6. The number of halogens is 2. The molecule has 0 unspecified atom stereocenters. The summed E-state index contributed by atoms with van der Waals surface area (Å²) >= 11 is 6.01. The van der Waals surface area contributed by atoms with E-state index in [9.17, 15) is 0 Å². The number of rotatable bonds is 1. The van der Waals surface area contributed by atoms with Gasteiger partial charge in [0.15, 0.2) is 13.1 Å². The lowest BCUT2D eigenvalue weighted by Crippen LogP contribution is -2.68. The van der Waals surface area contributed by atoms with E-state index in [2.05, 4.69) is 29.7 Å². The van der Waals surface area contributed by atoms with Gasteiger partial charge >= 0.3 is 0 Å². The van der Waals surface area contributed by atoms with Gasteiger partial charge in [-0.2, -0.15) is 0 Å². The first-order valence-electron chi connectivity index (χ1n) is 8.78. The first-order chi connectivity index (χ1) is 13.7. The van der Waals surface area contributed by atoms with Gasteiger partial charge in [-0.25, -0.2) is 23.2 Å². The molecule has 1 saturated heterocycles. The van der Waals surface area contributed by atoms with Crippen molar-refractivity contribution < 1.29 is 38.0 Å². The maximum atomic E-state index is 8.49. The Morgan fingerprint density at radius 1 is 0.931 bits per heavy atom. The SMILES string of the molecule is Cc1ccc2oc(-c3ccc(Cl)cc3)cc(=[N+]3CCOCC3)c2c1.[O-][Cl+3]([O-])([O-])[O-]. The van der Waals surface area contributed by atoms with Crippen LogP contribution in [0.15, 0.2) is 52.9 Å². The number of nitrogens with zero attached hydrogens (tertiary/aromatic N) is 1. The van der Waals surface area contributed by atoms with Crippen molar-refractivity contribution in [3.8, 4) is 11.3 Å². The highest BCUT2D eigenvalue weighted by Gasteiger charge is 2.16. The Kier molecular flexibility index (Phi) is 6.92. The molecule has 7 nitrogen and oxygen atoms in total. The van der Waals surface area contributed by atoms with Gasteiger partial charge in [0, 0.05) is 10.6 Å². The zero-order valence-corrected chi connectivity index (χ0v) is 17.1. The third kappa shape index (κ3) is 6.25. The van der Waals surface area contributed by atoms with Crippen LogP contribution in [0.4, 0.5) is 0 Å². The molecule has 4 rings (SSSR count). The van der Waals surface area contributed by atoms with E-state index in [1.54, 1.807) is 0 Å². The van der Waals surface area contributed by atoms with Crippen molar-refractivity contribution in [2.24, 2.45) is 0 Å². The van der Waals surface area contributed by atoms with Crippen LogP contribution in [-0.4, -0.2) is 26.3 Å². The van der Waals surface area contributed by atoms with Gasteiger partial charge in [-0.05, 0) is 43.3 Å². The molecule has 1 aromatic heterocycles. The largest absolute Gasteiger partial charge is 0.456 e. The molecule has 0 atom stereocenters. The first kappa shape index (κ1) is 21.7. The minimum atomic E-state index is -4.94.